The lowest BCUT2D eigenvalue weighted by Gasteiger charge is -2.30. The summed E-state index contributed by atoms with van der Waals surface area (Å²) in [4.78, 5) is 41.0. The van der Waals surface area contributed by atoms with Gasteiger partial charge in [0.1, 0.15) is 6.04 Å². The van der Waals surface area contributed by atoms with Gasteiger partial charge in [-0.1, -0.05) is 37.4 Å². The van der Waals surface area contributed by atoms with Crippen molar-refractivity contribution in [3.05, 3.63) is 0 Å². The molecule has 4 fully saturated rings. The Kier molecular flexibility index (Phi) is 7.87. The number of fused-ring (bicyclic) bond motifs is 1. The highest BCUT2D eigenvalue weighted by Crippen LogP contribution is 2.31. The van der Waals surface area contributed by atoms with E-state index in [0.717, 1.165) is 68.8 Å². The van der Waals surface area contributed by atoms with Gasteiger partial charge in [-0.3, -0.25) is 14.4 Å². The van der Waals surface area contributed by atoms with Gasteiger partial charge in [-0.2, -0.15) is 0 Å². The summed E-state index contributed by atoms with van der Waals surface area (Å²) in [6.07, 6.45) is 9.72. The number of ether oxygens (including phenoxy) is 1. The number of Topliss-reactive ketones (excluding diaryl/α,β-unsaturated/α-hetero) is 1. The Morgan fingerprint density at radius 3 is 2.48 bits per heavy atom. The van der Waals surface area contributed by atoms with Crippen molar-refractivity contribution in [2.24, 2.45) is 16.9 Å². The first-order valence-corrected chi connectivity index (χ1v) is 12.8. The predicted molar refractivity (Wildman–Crippen MR) is 119 cm³/mol. The molecule has 0 aromatic heterocycles. The maximum Gasteiger partial charge on any atom is 0.309 e. The molecule has 0 unspecified atom stereocenters. The molecule has 2 N–H and O–H groups in total. The smallest absolute Gasteiger partial charge is 0.309 e. The molecule has 0 aromatic carbocycles. The molecule has 8 nitrogen and oxygen atoms in total. The number of nitrogens with one attached hydrogen (secondary N) is 2. The van der Waals surface area contributed by atoms with Gasteiger partial charge in [-0.15, -0.1) is 5.10 Å². The lowest BCUT2D eigenvalue weighted by Crippen LogP contribution is -2.53. The van der Waals surface area contributed by atoms with Gasteiger partial charge in [-0.05, 0) is 44.4 Å². The number of carbonyl (C=O) groups excluding carboxylic acids is 3. The number of amides is 2. The van der Waals surface area contributed by atoms with Crippen LogP contribution in [0.3, 0.4) is 0 Å². The van der Waals surface area contributed by atoms with Gasteiger partial charge < -0.3 is 15.0 Å². The van der Waals surface area contributed by atoms with E-state index in [1.807, 2.05) is 0 Å². The quantitative estimate of drug-likeness (QED) is 0.365. The third-order valence-electron chi connectivity index (χ3n) is 7.05. The summed E-state index contributed by atoms with van der Waals surface area (Å²) in [7, 11) is 0. The van der Waals surface area contributed by atoms with Crippen molar-refractivity contribution in [3.8, 4) is 0 Å². The van der Waals surface area contributed by atoms with Crippen molar-refractivity contribution in [2.75, 3.05) is 25.5 Å². The highest BCUT2D eigenvalue weighted by atomic mass is 32.2. The van der Waals surface area contributed by atoms with Crippen LogP contribution in [0.15, 0.2) is 5.10 Å². The van der Waals surface area contributed by atoms with Crippen LogP contribution in [0.5, 0.6) is 0 Å². The van der Waals surface area contributed by atoms with Gasteiger partial charge in [0, 0.05) is 37.5 Å². The van der Waals surface area contributed by atoms with Gasteiger partial charge >= 0.3 is 5.91 Å². The normalized spacial score (nSPS) is 27.5. The summed E-state index contributed by atoms with van der Waals surface area (Å²) in [5.41, 5.74) is 2.47. The first kappa shape index (κ1) is 22.6. The SMILES string of the molecule is O=C(N/N=C1\SC[C@@H]2CCCN12)C(=O)[C@H](NC(=O)C1CCCCCC1)C1CCOCC1. The van der Waals surface area contributed by atoms with Crippen molar-refractivity contribution in [1.82, 2.24) is 15.6 Å². The standard InChI is InChI=1S/C22H34N4O4S/c27-19(21(29)24-25-22-26-11-5-8-17(26)14-31-22)18(15-9-12-30-13-10-15)23-20(28)16-6-3-1-2-4-7-16/h15-18H,1-14H2,(H,23,28)(H,24,29)/b25-22-/t17-,18+/m0/s1. The first-order chi connectivity index (χ1) is 15.1. The van der Waals surface area contributed by atoms with Crippen LogP contribution in [-0.4, -0.2) is 65.3 Å². The summed E-state index contributed by atoms with van der Waals surface area (Å²) in [6, 6.07) is -0.319. The van der Waals surface area contributed by atoms with Crippen LogP contribution >= 0.6 is 11.8 Å². The minimum atomic E-state index is -0.810. The van der Waals surface area contributed by atoms with E-state index in [1.54, 1.807) is 11.8 Å². The summed E-state index contributed by atoms with van der Waals surface area (Å²) in [6.45, 7) is 2.04. The van der Waals surface area contributed by atoms with Crippen LogP contribution in [-0.2, 0) is 19.1 Å². The summed E-state index contributed by atoms with van der Waals surface area (Å²) in [5.74, 6) is -0.601. The number of carbonyl (C=O) groups is 3. The Morgan fingerprint density at radius 1 is 1.00 bits per heavy atom. The maximum atomic E-state index is 13.1. The second kappa shape index (κ2) is 10.8. The number of amidine groups is 1. The van der Waals surface area contributed by atoms with Gasteiger partial charge in [0.05, 0.1) is 0 Å². The molecule has 3 heterocycles. The van der Waals surface area contributed by atoms with Crippen LogP contribution in [0.1, 0.15) is 64.2 Å². The van der Waals surface area contributed by atoms with Crippen LogP contribution in [0.4, 0.5) is 0 Å². The number of ketones is 1. The van der Waals surface area contributed by atoms with Crippen molar-refractivity contribution in [2.45, 2.75) is 76.3 Å². The fraction of sp³-hybridized carbons (Fsp3) is 0.818. The Balaban J connectivity index is 1.40. The molecular weight excluding hydrogens is 416 g/mol. The van der Waals surface area contributed by atoms with Crippen molar-refractivity contribution >= 4 is 34.5 Å². The third kappa shape index (κ3) is 5.61. The third-order valence-corrected chi connectivity index (χ3v) is 8.18. The fourth-order valence-electron chi connectivity index (χ4n) is 5.17. The number of hydrazone groups is 1. The average Bonchev–Trinajstić information content (AvgIpc) is 3.30. The maximum absolute atomic E-state index is 13.1. The molecule has 2 amide bonds. The van der Waals surface area contributed by atoms with E-state index >= 15 is 0 Å². The molecule has 1 aliphatic carbocycles. The molecule has 1 saturated carbocycles. The fourth-order valence-corrected chi connectivity index (χ4v) is 6.37. The molecule has 4 rings (SSSR count). The van der Waals surface area contributed by atoms with Crippen molar-refractivity contribution < 1.29 is 19.1 Å². The van der Waals surface area contributed by atoms with Gasteiger partial charge in [0.2, 0.25) is 11.7 Å². The van der Waals surface area contributed by atoms with Gasteiger partial charge in [0.15, 0.2) is 5.17 Å². The van der Waals surface area contributed by atoms with Gasteiger partial charge in [-0.25, -0.2) is 5.43 Å². The zero-order valence-electron chi connectivity index (χ0n) is 18.1. The molecule has 2 atom stereocenters. The van der Waals surface area contributed by atoms with E-state index < -0.39 is 17.7 Å². The second-order valence-electron chi connectivity index (χ2n) is 9.12. The monoisotopic (exact) mass is 450 g/mol. The highest BCUT2D eigenvalue weighted by molar-refractivity contribution is 8.14. The van der Waals surface area contributed by atoms with E-state index in [9.17, 15) is 14.4 Å². The number of hydrogen-bond donors (Lipinski definition) is 2. The number of hydrogen-bond acceptors (Lipinski definition) is 6. The molecule has 0 spiro atoms. The lowest BCUT2D eigenvalue weighted by molar-refractivity contribution is -0.142. The van der Waals surface area contributed by atoms with E-state index in [1.165, 1.54) is 0 Å². The largest absolute Gasteiger partial charge is 0.381 e. The van der Waals surface area contributed by atoms with E-state index in [0.29, 0.717) is 32.1 Å². The van der Waals surface area contributed by atoms with Crippen molar-refractivity contribution in [3.63, 3.8) is 0 Å². The molecule has 31 heavy (non-hydrogen) atoms. The van der Waals surface area contributed by atoms with Gasteiger partial charge in [0.25, 0.3) is 0 Å². The Labute approximate surface area is 188 Å². The minimum absolute atomic E-state index is 0.0667. The lowest BCUT2D eigenvalue weighted by atomic mass is 9.87. The Morgan fingerprint density at radius 2 is 1.74 bits per heavy atom. The average molecular weight is 451 g/mol. The molecule has 0 radical (unpaired) electrons. The first-order valence-electron chi connectivity index (χ1n) is 11.8. The van der Waals surface area contributed by atoms with Crippen LogP contribution in [0.25, 0.3) is 0 Å². The number of thioether (sulfide) groups is 1. The summed E-state index contributed by atoms with van der Waals surface area (Å²) in [5, 5.41) is 7.99. The summed E-state index contributed by atoms with van der Waals surface area (Å²) < 4.78 is 5.43. The predicted octanol–water partition coefficient (Wildman–Crippen LogP) is 2.04. The minimum Gasteiger partial charge on any atom is -0.381 e. The van der Waals surface area contributed by atoms with E-state index in [2.05, 4.69) is 20.7 Å². The van der Waals surface area contributed by atoms with E-state index in [4.69, 9.17) is 4.74 Å². The summed E-state index contributed by atoms with van der Waals surface area (Å²) >= 11 is 1.62. The molecule has 0 bridgehead atoms. The Hall–Kier alpha value is -1.61. The van der Waals surface area contributed by atoms with Crippen LogP contribution < -0.4 is 10.7 Å². The molecule has 3 aliphatic heterocycles. The van der Waals surface area contributed by atoms with Crippen molar-refractivity contribution in [1.29, 1.82) is 0 Å². The van der Waals surface area contributed by atoms with E-state index in [-0.39, 0.29) is 17.7 Å². The molecule has 9 heteroatoms. The zero-order valence-corrected chi connectivity index (χ0v) is 19.0. The molecule has 172 valence electrons. The van der Waals surface area contributed by atoms with Crippen LogP contribution in [0, 0.1) is 11.8 Å². The zero-order chi connectivity index (χ0) is 21.6. The second-order valence-corrected chi connectivity index (χ2v) is 10.1. The van der Waals surface area contributed by atoms with Crippen LogP contribution in [0.2, 0.25) is 0 Å². The number of rotatable bonds is 6. The topological polar surface area (TPSA) is 100 Å². The molecule has 3 saturated heterocycles. The highest BCUT2D eigenvalue weighted by Gasteiger charge is 2.37. The molecular formula is C22H34N4O4S. The molecule has 0 aromatic rings. The Bertz CT molecular complexity index is 702. The molecule has 4 aliphatic rings. The number of nitrogens with zero attached hydrogens (tertiary/aromatic N) is 2.